The van der Waals surface area contributed by atoms with Crippen LogP contribution in [0.15, 0.2) is 54.6 Å². The number of likely N-dealkylation sites (tertiary alicyclic amines) is 1. The van der Waals surface area contributed by atoms with Gasteiger partial charge in [0, 0.05) is 23.8 Å². The van der Waals surface area contributed by atoms with Gasteiger partial charge in [0.05, 0.1) is 12.5 Å². The highest BCUT2D eigenvalue weighted by Gasteiger charge is 2.28. The van der Waals surface area contributed by atoms with Gasteiger partial charge in [-0.05, 0) is 49.2 Å². The molecule has 1 heterocycles. The molecule has 2 aromatic carbocycles. The Kier molecular flexibility index (Phi) is 7.14. The van der Waals surface area contributed by atoms with E-state index >= 15 is 0 Å². The van der Waals surface area contributed by atoms with Crippen LogP contribution in [0, 0.1) is 5.92 Å². The van der Waals surface area contributed by atoms with Crippen molar-refractivity contribution in [1.29, 1.82) is 0 Å². The van der Waals surface area contributed by atoms with Crippen LogP contribution in [0.2, 0.25) is 5.02 Å². The standard InChI is InChI=1S/C21H24ClN3O3/c22-17-8-10-19(11-9-17)28-14-12-23-20(26)16-5-4-13-25(15-16)21(27)24-18-6-2-1-3-7-18/h1-3,6-11,16H,4-5,12-15H2,(H,23,26)(H,24,27). The fourth-order valence-electron chi connectivity index (χ4n) is 3.12. The van der Waals surface area contributed by atoms with Gasteiger partial charge >= 0.3 is 6.03 Å². The fourth-order valence-corrected chi connectivity index (χ4v) is 3.24. The van der Waals surface area contributed by atoms with Crippen molar-refractivity contribution in [2.75, 3.05) is 31.6 Å². The molecule has 1 aliphatic heterocycles. The molecule has 0 bridgehead atoms. The highest BCUT2D eigenvalue weighted by Crippen LogP contribution is 2.18. The first-order valence-corrected chi connectivity index (χ1v) is 9.76. The summed E-state index contributed by atoms with van der Waals surface area (Å²) in [4.78, 5) is 26.6. The summed E-state index contributed by atoms with van der Waals surface area (Å²) in [7, 11) is 0. The Hall–Kier alpha value is -2.73. The third-order valence-electron chi connectivity index (χ3n) is 4.59. The Labute approximate surface area is 169 Å². The van der Waals surface area contributed by atoms with E-state index in [4.69, 9.17) is 16.3 Å². The minimum atomic E-state index is -0.203. The number of nitrogens with zero attached hydrogens (tertiary/aromatic N) is 1. The van der Waals surface area contributed by atoms with Gasteiger partial charge in [-0.25, -0.2) is 4.79 Å². The van der Waals surface area contributed by atoms with E-state index in [9.17, 15) is 9.59 Å². The predicted octanol–water partition coefficient (Wildman–Crippen LogP) is 3.78. The molecule has 1 fully saturated rings. The minimum Gasteiger partial charge on any atom is -0.492 e. The lowest BCUT2D eigenvalue weighted by Crippen LogP contribution is -2.47. The number of hydrogen-bond donors (Lipinski definition) is 2. The Balaban J connectivity index is 1.41. The van der Waals surface area contributed by atoms with Gasteiger partial charge in [-0.1, -0.05) is 29.8 Å². The molecule has 1 unspecified atom stereocenters. The zero-order chi connectivity index (χ0) is 19.8. The predicted molar refractivity (Wildman–Crippen MR) is 110 cm³/mol. The molecule has 28 heavy (non-hydrogen) atoms. The van der Waals surface area contributed by atoms with Crippen molar-refractivity contribution in [3.05, 3.63) is 59.6 Å². The van der Waals surface area contributed by atoms with Crippen molar-refractivity contribution < 1.29 is 14.3 Å². The third kappa shape index (κ3) is 5.89. The number of piperidine rings is 1. The van der Waals surface area contributed by atoms with Gasteiger partial charge < -0.3 is 20.3 Å². The SMILES string of the molecule is O=C(NCCOc1ccc(Cl)cc1)C1CCCN(C(=O)Nc2ccccc2)C1. The van der Waals surface area contributed by atoms with Crippen LogP contribution in [0.4, 0.5) is 10.5 Å². The molecule has 1 saturated heterocycles. The molecule has 3 amide bonds. The van der Waals surface area contributed by atoms with E-state index in [1.807, 2.05) is 30.3 Å². The number of benzene rings is 2. The second-order valence-corrected chi connectivity index (χ2v) is 7.11. The van der Waals surface area contributed by atoms with E-state index < -0.39 is 0 Å². The number of hydrogen-bond acceptors (Lipinski definition) is 3. The summed E-state index contributed by atoms with van der Waals surface area (Å²) in [5, 5.41) is 6.42. The van der Waals surface area contributed by atoms with Gasteiger partial charge in [0.1, 0.15) is 12.4 Å². The molecule has 0 radical (unpaired) electrons. The van der Waals surface area contributed by atoms with Gasteiger partial charge in [-0.2, -0.15) is 0 Å². The average molecular weight is 402 g/mol. The molecule has 1 aliphatic rings. The molecule has 3 rings (SSSR count). The number of carbonyl (C=O) groups is 2. The molecular formula is C21H24ClN3O3. The molecule has 148 valence electrons. The summed E-state index contributed by atoms with van der Waals surface area (Å²) in [5.41, 5.74) is 0.749. The number of rotatable bonds is 6. The number of amides is 3. The maximum Gasteiger partial charge on any atom is 0.321 e. The van der Waals surface area contributed by atoms with E-state index in [0.717, 1.165) is 18.5 Å². The lowest BCUT2D eigenvalue weighted by molar-refractivity contribution is -0.126. The van der Waals surface area contributed by atoms with Gasteiger partial charge in [-0.3, -0.25) is 4.79 Å². The zero-order valence-electron chi connectivity index (χ0n) is 15.6. The fraction of sp³-hybridized carbons (Fsp3) is 0.333. The van der Waals surface area contributed by atoms with Crippen LogP contribution in [-0.4, -0.2) is 43.1 Å². The Morgan fingerprint density at radius 3 is 2.61 bits per heavy atom. The number of ether oxygens (including phenoxy) is 1. The number of halogens is 1. The quantitative estimate of drug-likeness (QED) is 0.723. The number of anilines is 1. The summed E-state index contributed by atoms with van der Waals surface area (Å²) in [6.45, 7) is 1.86. The minimum absolute atomic E-state index is 0.0445. The molecule has 7 heteroatoms. The van der Waals surface area contributed by atoms with Gasteiger partial charge in [0.25, 0.3) is 0 Å². The van der Waals surface area contributed by atoms with Crippen LogP contribution in [0.25, 0.3) is 0 Å². The molecule has 0 aliphatic carbocycles. The molecule has 2 aromatic rings. The number of urea groups is 1. The van der Waals surface area contributed by atoms with Crippen molar-refractivity contribution >= 4 is 29.2 Å². The Morgan fingerprint density at radius 1 is 1.11 bits per heavy atom. The smallest absolute Gasteiger partial charge is 0.321 e. The molecule has 0 aromatic heterocycles. The molecule has 6 nitrogen and oxygen atoms in total. The van der Waals surface area contributed by atoms with E-state index in [0.29, 0.717) is 37.0 Å². The average Bonchev–Trinajstić information content (AvgIpc) is 2.73. The van der Waals surface area contributed by atoms with Crippen molar-refractivity contribution in [1.82, 2.24) is 10.2 Å². The second kappa shape index (κ2) is 9.99. The topological polar surface area (TPSA) is 70.7 Å². The van der Waals surface area contributed by atoms with Crippen molar-refractivity contribution in [2.24, 2.45) is 5.92 Å². The summed E-state index contributed by atoms with van der Waals surface area (Å²) in [5.74, 6) is 0.461. The maximum atomic E-state index is 12.4. The maximum absolute atomic E-state index is 12.4. The Morgan fingerprint density at radius 2 is 1.86 bits per heavy atom. The lowest BCUT2D eigenvalue weighted by Gasteiger charge is -2.32. The number of carbonyl (C=O) groups excluding carboxylic acids is 2. The van der Waals surface area contributed by atoms with E-state index in [2.05, 4.69) is 10.6 Å². The lowest BCUT2D eigenvalue weighted by atomic mass is 9.97. The second-order valence-electron chi connectivity index (χ2n) is 6.67. The van der Waals surface area contributed by atoms with E-state index in [1.54, 1.807) is 29.2 Å². The van der Waals surface area contributed by atoms with Crippen molar-refractivity contribution in [3.8, 4) is 5.75 Å². The van der Waals surface area contributed by atoms with Crippen LogP contribution in [0.1, 0.15) is 12.8 Å². The normalized spacial score (nSPS) is 16.3. The highest BCUT2D eigenvalue weighted by atomic mass is 35.5. The Bertz CT molecular complexity index is 783. The van der Waals surface area contributed by atoms with Crippen LogP contribution >= 0.6 is 11.6 Å². The van der Waals surface area contributed by atoms with Crippen LogP contribution in [0.5, 0.6) is 5.75 Å². The number of nitrogens with one attached hydrogen (secondary N) is 2. The first kappa shape index (κ1) is 20.0. The van der Waals surface area contributed by atoms with Crippen LogP contribution in [0.3, 0.4) is 0 Å². The van der Waals surface area contributed by atoms with Crippen LogP contribution in [-0.2, 0) is 4.79 Å². The zero-order valence-corrected chi connectivity index (χ0v) is 16.3. The number of para-hydroxylation sites is 1. The largest absolute Gasteiger partial charge is 0.492 e. The summed E-state index contributed by atoms with van der Waals surface area (Å²) < 4.78 is 5.58. The molecule has 0 spiro atoms. The molecular weight excluding hydrogens is 378 g/mol. The van der Waals surface area contributed by atoms with Gasteiger partial charge in [0.15, 0.2) is 0 Å². The monoisotopic (exact) mass is 401 g/mol. The van der Waals surface area contributed by atoms with Gasteiger partial charge in [-0.15, -0.1) is 0 Å². The molecule has 0 saturated carbocycles. The van der Waals surface area contributed by atoms with Crippen molar-refractivity contribution in [3.63, 3.8) is 0 Å². The van der Waals surface area contributed by atoms with Gasteiger partial charge in [0.2, 0.25) is 5.91 Å². The summed E-state index contributed by atoms with van der Waals surface area (Å²) in [6.07, 6.45) is 1.58. The highest BCUT2D eigenvalue weighted by molar-refractivity contribution is 6.30. The van der Waals surface area contributed by atoms with Crippen molar-refractivity contribution in [2.45, 2.75) is 12.8 Å². The van der Waals surface area contributed by atoms with E-state index in [-0.39, 0.29) is 17.9 Å². The van der Waals surface area contributed by atoms with E-state index in [1.165, 1.54) is 0 Å². The van der Waals surface area contributed by atoms with Crippen LogP contribution < -0.4 is 15.4 Å². The molecule has 2 N–H and O–H groups in total. The third-order valence-corrected chi connectivity index (χ3v) is 4.84. The first-order valence-electron chi connectivity index (χ1n) is 9.39. The summed E-state index contributed by atoms with van der Waals surface area (Å²) >= 11 is 5.83. The first-order chi connectivity index (χ1) is 13.6. The molecule has 1 atom stereocenters. The summed E-state index contributed by atoms with van der Waals surface area (Å²) in [6, 6.07) is 16.2.